The summed E-state index contributed by atoms with van der Waals surface area (Å²) in [7, 11) is 0. The van der Waals surface area contributed by atoms with Crippen LogP contribution in [0.15, 0.2) is 45.3 Å². The fourth-order valence-corrected chi connectivity index (χ4v) is 2.69. The van der Waals surface area contributed by atoms with E-state index >= 15 is 0 Å². The van der Waals surface area contributed by atoms with E-state index in [-0.39, 0.29) is 0 Å². The van der Waals surface area contributed by atoms with Crippen LogP contribution < -0.4 is 0 Å². The minimum Gasteiger partial charge on any atom is -0.478 e. The molecule has 1 N–H and O–H groups in total. The first-order chi connectivity index (χ1) is 8.49. The molecule has 0 saturated carbocycles. The average molecular weight is 370 g/mol. The molecule has 0 heterocycles. The highest BCUT2D eigenvalue weighted by molar-refractivity contribution is 9.10. The average Bonchev–Trinajstić information content (AvgIpc) is 2.29. The van der Waals surface area contributed by atoms with Crippen LogP contribution in [-0.4, -0.2) is 11.1 Å². The summed E-state index contributed by atoms with van der Waals surface area (Å²) < 4.78 is 1.75. The lowest BCUT2D eigenvalue weighted by atomic mass is 9.96. The van der Waals surface area contributed by atoms with Gasteiger partial charge in [-0.05, 0) is 47.9 Å². The Morgan fingerprint density at radius 2 is 1.56 bits per heavy atom. The zero-order chi connectivity index (χ0) is 13.3. The van der Waals surface area contributed by atoms with Crippen LogP contribution >= 0.6 is 31.9 Å². The van der Waals surface area contributed by atoms with E-state index in [0.717, 1.165) is 25.6 Å². The summed E-state index contributed by atoms with van der Waals surface area (Å²) in [4.78, 5) is 11.3. The fourth-order valence-electron chi connectivity index (χ4n) is 1.86. The molecule has 0 saturated heterocycles. The van der Waals surface area contributed by atoms with Crippen molar-refractivity contribution in [3.63, 3.8) is 0 Å². The zero-order valence-corrected chi connectivity index (χ0v) is 12.7. The maximum absolute atomic E-state index is 11.3. The summed E-state index contributed by atoms with van der Waals surface area (Å²) in [5, 5.41) is 9.27. The minimum absolute atomic E-state index is 0.301. The van der Waals surface area contributed by atoms with E-state index in [2.05, 4.69) is 31.9 Å². The quantitative estimate of drug-likeness (QED) is 0.818. The predicted octanol–water partition coefficient (Wildman–Crippen LogP) is 4.89. The summed E-state index contributed by atoms with van der Waals surface area (Å²) in [5.74, 6) is -0.923. The molecule has 0 atom stereocenters. The largest absolute Gasteiger partial charge is 0.478 e. The molecule has 0 spiro atoms. The highest BCUT2D eigenvalue weighted by Crippen LogP contribution is 2.30. The highest BCUT2D eigenvalue weighted by Gasteiger charge is 2.13. The van der Waals surface area contributed by atoms with Crippen molar-refractivity contribution in [3.05, 3.63) is 56.5 Å². The fraction of sp³-hybridized carbons (Fsp3) is 0.0714. The molecule has 0 fully saturated rings. The number of hydrogen-bond donors (Lipinski definition) is 1. The van der Waals surface area contributed by atoms with Crippen molar-refractivity contribution in [3.8, 4) is 11.1 Å². The van der Waals surface area contributed by atoms with Crippen LogP contribution in [0, 0.1) is 6.92 Å². The topological polar surface area (TPSA) is 37.3 Å². The van der Waals surface area contributed by atoms with E-state index in [1.54, 1.807) is 6.07 Å². The molecule has 2 aromatic rings. The molecule has 0 amide bonds. The standard InChI is InChI=1S/C14H10Br2O2/c1-8-6-9(15)2-4-11(8)12-5-3-10(16)7-13(12)14(17)18/h2-7H,1H3,(H,17,18). The van der Waals surface area contributed by atoms with E-state index in [1.165, 1.54) is 0 Å². The second kappa shape index (κ2) is 5.24. The van der Waals surface area contributed by atoms with Gasteiger partial charge in [0.15, 0.2) is 0 Å². The molecule has 0 aromatic heterocycles. The first-order valence-corrected chi connectivity index (χ1v) is 6.87. The van der Waals surface area contributed by atoms with Gasteiger partial charge in [0.1, 0.15) is 0 Å². The van der Waals surface area contributed by atoms with Gasteiger partial charge in [0.05, 0.1) is 5.56 Å². The Hall–Kier alpha value is -1.13. The molecule has 0 aliphatic rings. The Bertz CT molecular complexity index is 621. The maximum Gasteiger partial charge on any atom is 0.336 e. The van der Waals surface area contributed by atoms with Crippen molar-refractivity contribution >= 4 is 37.8 Å². The van der Waals surface area contributed by atoms with Crippen LogP contribution in [0.4, 0.5) is 0 Å². The van der Waals surface area contributed by atoms with E-state index in [4.69, 9.17) is 0 Å². The van der Waals surface area contributed by atoms with Crippen molar-refractivity contribution in [1.82, 2.24) is 0 Å². The number of carboxylic acids is 1. The van der Waals surface area contributed by atoms with Gasteiger partial charge >= 0.3 is 5.97 Å². The molecule has 4 heteroatoms. The molecule has 2 rings (SSSR count). The second-order valence-electron chi connectivity index (χ2n) is 3.95. The van der Waals surface area contributed by atoms with Crippen molar-refractivity contribution in [2.24, 2.45) is 0 Å². The minimum atomic E-state index is -0.923. The Labute approximate surface area is 122 Å². The van der Waals surface area contributed by atoms with E-state index < -0.39 is 5.97 Å². The molecular formula is C14H10Br2O2. The van der Waals surface area contributed by atoms with Gasteiger partial charge in [-0.3, -0.25) is 0 Å². The lowest BCUT2D eigenvalue weighted by Crippen LogP contribution is -2.00. The molecule has 0 bridgehead atoms. The number of halogens is 2. The third-order valence-electron chi connectivity index (χ3n) is 2.69. The summed E-state index contributed by atoms with van der Waals surface area (Å²) in [6, 6.07) is 11.1. The zero-order valence-electron chi connectivity index (χ0n) is 9.58. The number of benzene rings is 2. The maximum atomic E-state index is 11.3. The Morgan fingerprint density at radius 3 is 2.11 bits per heavy atom. The third-order valence-corrected chi connectivity index (χ3v) is 3.68. The third kappa shape index (κ3) is 2.65. The Kier molecular flexibility index (Phi) is 3.88. The van der Waals surface area contributed by atoms with Gasteiger partial charge in [0.2, 0.25) is 0 Å². The van der Waals surface area contributed by atoms with Crippen LogP contribution in [-0.2, 0) is 0 Å². The van der Waals surface area contributed by atoms with E-state index in [0.29, 0.717) is 5.56 Å². The van der Waals surface area contributed by atoms with Crippen molar-refractivity contribution in [1.29, 1.82) is 0 Å². The smallest absolute Gasteiger partial charge is 0.336 e. The Morgan fingerprint density at radius 1 is 1.00 bits per heavy atom. The molecule has 18 heavy (non-hydrogen) atoms. The molecule has 2 aromatic carbocycles. The predicted molar refractivity (Wildman–Crippen MR) is 79.0 cm³/mol. The number of hydrogen-bond acceptors (Lipinski definition) is 1. The summed E-state index contributed by atoms with van der Waals surface area (Å²) >= 11 is 6.70. The van der Waals surface area contributed by atoms with Gasteiger partial charge in [0.25, 0.3) is 0 Å². The lowest BCUT2D eigenvalue weighted by Gasteiger charge is -2.10. The van der Waals surface area contributed by atoms with Gasteiger partial charge in [-0.25, -0.2) is 4.79 Å². The molecular weight excluding hydrogens is 360 g/mol. The molecule has 0 unspecified atom stereocenters. The van der Waals surface area contributed by atoms with Crippen LogP contribution in [0.25, 0.3) is 11.1 Å². The van der Waals surface area contributed by atoms with Crippen molar-refractivity contribution in [2.45, 2.75) is 6.92 Å². The first kappa shape index (κ1) is 13.3. The van der Waals surface area contributed by atoms with Gasteiger partial charge in [0, 0.05) is 8.95 Å². The lowest BCUT2D eigenvalue weighted by molar-refractivity contribution is 0.0697. The molecule has 2 nitrogen and oxygen atoms in total. The van der Waals surface area contributed by atoms with Crippen LogP contribution in [0.1, 0.15) is 15.9 Å². The molecule has 0 radical (unpaired) electrons. The number of rotatable bonds is 2. The summed E-state index contributed by atoms with van der Waals surface area (Å²) in [6.07, 6.45) is 0. The number of aromatic carboxylic acids is 1. The van der Waals surface area contributed by atoms with Gasteiger partial charge in [-0.2, -0.15) is 0 Å². The Balaban J connectivity index is 2.67. The number of aryl methyl sites for hydroxylation is 1. The van der Waals surface area contributed by atoms with E-state index in [9.17, 15) is 9.90 Å². The molecule has 0 aliphatic carbocycles. The summed E-state index contributed by atoms with van der Waals surface area (Å²) in [5.41, 5.74) is 3.00. The molecule has 92 valence electrons. The van der Waals surface area contributed by atoms with Gasteiger partial charge < -0.3 is 5.11 Å². The SMILES string of the molecule is Cc1cc(Br)ccc1-c1ccc(Br)cc1C(=O)O. The molecule has 0 aliphatic heterocycles. The van der Waals surface area contributed by atoms with Gasteiger partial charge in [-0.15, -0.1) is 0 Å². The van der Waals surface area contributed by atoms with Gasteiger partial charge in [-0.1, -0.05) is 44.0 Å². The van der Waals surface area contributed by atoms with E-state index in [1.807, 2.05) is 37.3 Å². The highest BCUT2D eigenvalue weighted by atomic mass is 79.9. The van der Waals surface area contributed by atoms with Crippen LogP contribution in [0.3, 0.4) is 0 Å². The normalized spacial score (nSPS) is 10.4. The summed E-state index contributed by atoms with van der Waals surface area (Å²) in [6.45, 7) is 1.97. The second-order valence-corrected chi connectivity index (χ2v) is 5.79. The van der Waals surface area contributed by atoms with Crippen LogP contribution in [0.5, 0.6) is 0 Å². The van der Waals surface area contributed by atoms with Crippen molar-refractivity contribution in [2.75, 3.05) is 0 Å². The monoisotopic (exact) mass is 368 g/mol. The van der Waals surface area contributed by atoms with Crippen molar-refractivity contribution < 1.29 is 9.90 Å². The number of carbonyl (C=O) groups is 1. The number of carboxylic acid groups (broad SMARTS) is 1. The first-order valence-electron chi connectivity index (χ1n) is 5.28. The van der Waals surface area contributed by atoms with Crippen LogP contribution in [0.2, 0.25) is 0 Å².